The Morgan fingerprint density at radius 1 is 1.30 bits per heavy atom. The summed E-state index contributed by atoms with van der Waals surface area (Å²) in [5.74, 6) is -1.31. The van der Waals surface area contributed by atoms with Gasteiger partial charge in [0.05, 0.1) is 4.92 Å². The van der Waals surface area contributed by atoms with Gasteiger partial charge in [-0.1, -0.05) is 11.6 Å². The van der Waals surface area contributed by atoms with Crippen LogP contribution < -0.4 is 10.2 Å². The molecule has 0 bridgehead atoms. The van der Waals surface area contributed by atoms with Crippen LogP contribution in [0.15, 0.2) is 42.5 Å². The quantitative estimate of drug-likeness (QED) is 0.625. The van der Waals surface area contributed by atoms with Crippen molar-refractivity contribution in [1.29, 1.82) is 0 Å². The highest BCUT2D eigenvalue weighted by Gasteiger charge is 2.31. The van der Waals surface area contributed by atoms with Crippen LogP contribution in [0.4, 0.5) is 15.8 Å². The summed E-state index contributed by atoms with van der Waals surface area (Å²) in [6.07, 6.45) is 0.218. The second-order valence-corrected chi connectivity index (χ2v) is 6.62. The molecule has 1 aliphatic rings. The molecule has 7 nitrogen and oxygen atoms in total. The third kappa shape index (κ3) is 4.22. The Morgan fingerprint density at radius 3 is 2.67 bits per heavy atom. The Labute approximate surface area is 158 Å². The molecule has 0 unspecified atom stereocenters. The van der Waals surface area contributed by atoms with Crippen molar-refractivity contribution in [3.63, 3.8) is 0 Å². The predicted molar refractivity (Wildman–Crippen MR) is 97.3 cm³/mol. The van der Waals surface area contributed by atoms with E-state index in [1.54, 1.807) is 0 Å². The molecule has 1 saturated heterocycles. The molecule has 2 aromatic carbocycles. The maximum atomic E-state index is 13.0. The normalized spacial score (nSPS) is 16.4. The van der Waals surface area contributed by atoms with Crippen LogP contribution >= 0.6 is 11.6 Å². The molecule has 1 aliphatic heterocycles. The van der Waals surface area contributed by atoms with E-state index in [1.807, 2.05) is 0 Å². The van der Waals surface area contributed by atoms with E-state index < -0.39 is 16.6 Å². The monoisotopic (exact) mass is 391 g/mol. The van der Waals surface area contributed by atoms with E-state index in [4.69, 9.17) is 11.6 Å². The number of amides is 2. The highest BCUT2D eigenvalue weighted by Crippen LogP contribution is 2.26. The zero-order chi connectivity index (χ0) is 19.6. The van der Waals surface area contributed by atoms with E-state index in [0.29, 0.717) is 12.2 Å². The fourth-order valence-electron chi connectivity index (χ4n) is 2.97. The first-order valence-electron chi connectivity index (χ1n) is 8.13. The van der Waals surface area contributed by atoms with Crippen molar-refractivity contribution in [3.8, 4) is 0 Å². The second-order valence-electron chi connectivity index (χ2n) is 6.18. The number of nitrogens with one attached hydrogen (secondary N) is 1. The van der Waals surface area contributed by atoms with Gasteiger partial charge in [-0.25, -0.2) is 4.39 Å². The molecule has 9 heteroatoms. The molecule has 140 valence electrons. The number of hydrogen-bond acceptors (Lipinski definition) is 4. The SMILES string of the molecule is O=C(NC[C@@H]1CC(=O)N(c2ccc(F)cc2)C1)c1cc(Cl)ccc1[N+](=O)[O-]. The van der Waals surface area contributed by atoms with Crippen LogP contribution in [0.3, 0.4) is 0 Å². The van der Waals surface area contributed by atoms with Gasteiger partial charge in [0.25, 0.3) is 11.6 Å². The molecular weight excluding hydrogens is 377 g/mol. The summed E-state index contributed by atoms with van der Waals surface area (Å²) in [6.45, 7) is 0.536. The van der Waals surface area contributed by atoms with Crippen LogP contribution in [0.2, 0.25) is 5.02 Å². The van der Waals surface area contributed by atoms with Crippen molar-refractivity contribution >= 4 is 34.8 Å². The van der Waals surface area contributed by atoms with Crippen LogP contribution in [0.5, 0.6) is 0 Å². The summed E-state index contributed by atoms with van der Waals surface area (Å²) in [6, 6.07) is 9.33. The van der Waals surface area contributed by atoms with Gasteiger partial charge in [0.2, 0.25) is 5.91 Å². The number of carbonyl (C=O) groups excluding carboxylic acids is 2. The molecule has 3 rings (SSSR count). The van der Waals surface area contributed by atoms with E-state index in [9.17, 15) is 24.1 Å². The largest absolute Gasteiger partial charge is 0.351 e. The lowest BCUT2D eigenvalue weighted by Gasteiger charge is -2.17. The molecule has 0 saturated carbocycles. The number of nitro groups is 1. The minimum Gasteiger partial charge on any atom is -0.351 e. The van der Waals surface area contributed by atoms with Gasteiger partial charge in [0.15, 0.2) is 0 Å². The van der Waals surface area contributed by atoms with Crippen LogP contribution in [0.25, 0.3) is 0 Å². The van der Waals surface area contributed by atoms with Gasteiger partial charge >= 0.3 is 0 Å². The third-order valence-corrected chi connectivity index (χ3v) is 4.53. The first-order valence-corrected chi connectivity index (χ1v) is 8.51. The van der Waals surface area contributed by atoms with Gasteiger partial charge in [0.1, 0.15) is 11.4 Å². The Balaban J connectivity index is 1.65. The molecule has 0 aromatic heterocycles. The van der Waals surface area contributed by atoms with Crippen molar-refractivity contribution < 1.29 is 18.9 Å². The first-order chi connectivity index (χ1) is 12.8. The van der Waals surface area contributed by atoms with Crippen LogP contribution in [-0.2, 0) is 4.79 Å². The van der Waals surface area contributed by atoms with Gasteiger partial charge in [0, 0.05) is 42.2 Å². The average molecular weight is 392 g/mol. The van der Waals surface area contributed by atoms with E-state index in [-0.39, 0.29) is 41.1 Å². The van der Waals surface area contributed by atoms with Gasteiger partial charge < -0.3 is 10.2 Å². The van der Waals surface area contributed by atoms with Gasteiger partial charge in [-0.05, 0) is 36.4 Å². The molecular formula is C18H15ClFN3O4. The van der Waals surface area contributed by atoms with Crippen molar-refractivity contribution in [1.82, 2.24) is 5.32 Å². The molecule has 1 N–H and O–H groups in total. The maximum Gasteiger partial charge on any atom is 0.282 e. The van der Waals surface area contributed by atoms with Crippen molar-refractivity contribution in [2.75, 3.05) is 18.0 Å². The lowest BCUT2D eigenvalue weighted by molar-refractivity contribution is -0.385. The van der Waals surface area contributed by atoms with E-state index >= 15 is 0 Å². The molecule has 0 aliphatic carbocycles. The van der Waals surface area contributed by atoms with E-state index in [2.05, 4.69) is 5.32 Å². The summed E-state index contributed by atoms with van der Waals surface area (Å²) in [5, 5.41) is 13.9. The number of nitrogens with zero attached hydrogens (tertiary/aromatic N) is 2. The van der Waals surface area contributed by atoms with Gasteiger partial charge in [-0.3, -0.25) is 19.7 Å². The number of carbonyl (C=O) groups is 2. The van der Waals surface area contributed by atoms with E-state index in [1.165, 1.54) is 47.4 Å². The van der Waals surface area contributed by atoms with E-state index in [0.717, 1.165) is 0 Å². The molecule has 0 spiro atoms. The Morgan fingerprint density at radius 2 is 2.00 bits per heavy atom. The number of benzene rings is 2. The smallest absolute Gasteiger partial charge is 0.282 e. The average Bonchev–Trinajstić information content (AvgIpc) is 3.00. The standard InChI is InChI=1S/C18H15ClFN3O4/c19-12-1-6-16(23(26)27)15(8-12)18(25)21-9-11-7-17(24)22(10-11)14-4-2-13(20)3-5-14/h1-6,8,11H,7,9-10H2,(H,21,25)/t11-/m0/s1. The molecule has 1 fully saturated rings. The highest BCUT2D eigenvalue weighted by molar-refractivity contribution is 6.31. The number of anilines is 1. The predicted octanol–water partition coefficient (Wildman–Crippen LogP) is 3.17. The lowest BCUT2D eigenvalue weighted by atomic mass is 10.1. The van der Waals surface area contributed by atoms with Gasteiger partial charge in [-0.2, -0.15) is 0 Å². The summed E-state index contributed by atoms with van der Waals surface area (Å²) >= 11 is 5.83. The summed E-state index contributed by atoms with van der Waals surface area (Å²) < 4.78 is 13.0. The first kappa shape index (κ1) is 18.8. The summed E-state index contributed by atoms with van der Waals surface area (Å²) in [4.78, 5) is 36.5. The Kier molecular flexibility index (Phi) is 5.36. The molecule has 1 heterocycles. The Bertz CT molecular complexity index is 904. The molecule has 0 radical (unpaired) electrons. The van der Waals surface area contributed by atoms with Crippen LogP contribution in [0, 0.1) is 21.8 Å². The number of halogens is 2. The molecule has 1 atom stereocenters. The number of rotatable bonds is 5. The maximum absolute atomic E-state index is 13.0. The Hall–Kier alpha value is -3.00. The minimum absolute atomic E-state index is 0.130. The van der Waals surface area contributed by atoms with Gasteiger partial charge in [-0.15, -0.1) is 0 Å². The second kappa shape index (κ2) is 7.71. The van der Waals surface area contributed by atoms with Crippen molar-refractivity contribution in [2.45, 2.75) is 6.42 Å². The minimum atomic E-state index is -0.652. The molecule has 27 heavy (non-hydrogen) atoms. The zero-order valence-corrected chi connectivity index (χ0v) is 14.8. The van der Waals surface area contributed by atoms with Crippen LogP contribution in [-0.4, -0.2) is 29.8 Å². The molecule has 2 amide bonds. The molecule has 2 aromatic rings. The van der Waals surface area contributed by atoms with Crippen molar-refractivity contribution in [2.24, 2.45) is 5.92 Å². The zero-order valence-electron chi connectivity index (χ0n) is 14.0. The van der Waals surface area contributed by atoms with Crippen LogP contribution in [0.1, 0.15) is 16.8 Å². The fraction of sp³-hybridized carbons (Fsp3) is 0.222. The third-order valence-electron chi connectivity index (χ3n) is 4.29. The lowest BCUT2D eigenvalue weighted by Crippen LogP contribution is -2.31. The number of nitro benzene ring substituents is 1. The topological polar surface area (TPSA) is 92.6 Å². The summed E-state index contributed by atoms with van der Waals surface area (Å²) in [7, 11) is 0. The number of hydrogen-bond donors (Lipinski definition) is 1. The summed E-state index contributed by atoms with van der Waals surface area (Å²) in [5.41, 5.74) is 0.111. The van der Waals surface area contributed by atoms with Crippen molar-refractivity contribution in [3.05, 3.63) is 69.0 Å². The fourth-order valence-corrected chi connectivity index (χ4v) is 3.14. The highest BCUT2D eigenvalue weighted by atomic mass is 35.5.